The number of dihydropyridines is 1. The number of allylic oxidation sites excluding steroid dienone is 1. The number of amides is 1. The van der Waals surface area contributed by atoms with Gasteiger partial charge in [0.25, 0.3) is 0 Å². The van der Waals surface area contributed by atoms with Crippen molar-refractivity contribution in [1.82, 2.24) is 10.3 Å². The zero-order valence-corrected chi connectivity index (χ0v) is 20.6. The molecule has 1 aliphatic heterocycles. The van der Waals surface area contributed by atoms with Crippen molar-refractivity contribution in [2.45, 2.75) is 38.8 Å². The average Bonchev–Trinajstić information content (AvgIpc) is 2.80. The van der Waals surface area contributed by atoms with Gasteiger partial charge in [0.15, 0.2) is 0 Å². The van der Waals surface area contributed by atoms with E-state index in [0.29, 0.717) is 24.5 Å². The number of hydrogen-bond donors (Lipinski definition) is 2. The molecule has 1 amide bonds. The highest BCUT2D eigenvalue weighted by Gasteiger charge is 2.39. The fourth-order valence-electron chi connectivity index (χ4n) is 3.53. The molecule has 1 aliphatic rings. The Bertz CT molecular complexity index is 1230. The lowest BCUT2D eigenvalue weighted by molar-refractivity contribution is -0.138. The fraction of sp³-hybridized carbons (Fsp3) is 0.320. The summed E-state index contributed by atoms with van der Waals surface area (Å²) in [6, 6.07) is 6.95. The number of carbonyl (C=O) groups excluding carboxylic acids is 1. The highest BCUT2D eigenvalue weighted by atomic mass is 35.5. The molecule has 0 aliphatic carbocycles. The summed E-state index contributed by atoms with van der Waals surface area (Å²) in [5, 5.41) is 14.6. The molecule has 1 aromatic heterocycles. The van der Waals surface area contributed by atoms with Crippen molar-refractivity contribution in [1.29, 1.82) is 5.26 Å². The van der Waals surface area contributed by atoms with Gasteiger partial charge in [-0.15, -0.1) is 12.4 Å². The van der Waals surface area contributed by atoms with Gasteiger partial charge in [0, 0.05) is 12.7 Å². The van der Waals surface area contributed by atoms with Crippen LogP contribution in [0.15, 0.2) is 48.5 Å². The molecule has 192 valence electrons. The van der Waals surface area contributed by atoms with Crippen molar-refractivity contribution in [3.05, 3.63) is 76.7 Å². The van der Waals surface area contributed by atoms with E-state index in [1.165, 1.54) is 26.0 Å². The molecule has 2 aromatic rings. The van der Waals surface area contributed by atoms with E-state index in [1.54, 1.807) is 24.4 Å². The van der Waals surface area contributed by atoms with Gasteiger partial charge in [0.05, 0.1) is 47.7 Å². The van der Waals surface area contributed by atoms with E-state index in [1.807, 2.05) is 6.92 Å². The summed E-state index contributed by atoms with van der Waals surface area (Å²) in [5.41, 5.74) is -1.75. The SMILES string of the molecule is CCOC1=CNCC(c2ccc(CC(=O)Nc3cnc(C(C)(C)C#N)c(C(F)(F)F)c3)c(F)c2)=C1.Cl. The Hall–Kier alpha value is -3.58. The van der Waals surface area contributed by atoms with Gasteiger partial charge in [-0.3, -0.25) is 9.78 Å². The highest BCUT2D eigenvalue weighted by molar-refractivity contribution is 5.92. The van der Waals surface area contributed by atoms with Crippen LogP contribution in [0.2, 0.25) is 0 Å². The maximum absolute atomic E-state index is 14.7. The number of carbonyl (C=O) groups is 1. The number of nitrogens with zero attached hydrogens (tertiary/aromatic N) is 2. The average molecular weight is 525 g/mol. The number of alkyl halides is 3. The second-order valence-electron chi connectivity index (χ2n) is 8.42. The van der Waals surface area contributed by atoms with Crippen molar-refractivity contribution in [2.75, 3.05) is 18.5 Å². The number of benzene rings is 1. The lowest BCUT2D eigenvalue weighted by atomic mass is 9.87. The number of ether oxygens (including phenoxy) is 1. The predicted octanol–water partition coefficient (Wildman–Crippen LogP) is 5.51. The van der Waals surface area contributed by atoms with E-state index >= 15 is 0 Å². The van der Waals surface area contributed by atoms with Crippen molar-refractivity contribution in [3.8, 4) is 6.07 Å². The third-order valence-corrected chi connectivity index (χ3v) is 5.29. The van der Waals surface area contributed by atoms with E-state index in [4.69, 9.17) is 4.74 Å². The van der Waals surface area contributed by atoms with E-state index in [0.717, 1.165) is 17.8 Å². The standard InChI is InChI=1S/C25H24F4N4O2.ClH/c1-4-35-19-7-17(11-31-13-19)15-5-6-16(21(26)8-15)9-22(34)33-18-10-20(25(27,28)29)23(32-12-18)24(2,3)14-30;/h5-8,10,12-13,31H,4,9,11H2,1-3H3,(H,33,34);1H. The van der Waals surface area contributed by atoms with E-state index in [2.05, 4.69) is 15.6 Å². The maximum atomic E-state index is 14.7. The molecule has 1 aromatic carbocycles. The number of pyridine rings is 1. The molecule has 0 saturated heterocycles. The molecular formula is C25H25ClF4N4O2. The van der Waals surface area contributed by atoms with Crippen LogP contribution in [0.1, 0.15) is 43.2 Å². The molecule has 0 fully saturated rings. The summed E-state index contributed by atoms with van der Waals surface area (Å²) < 4.78 is 60.8. The Morgan fingerprint density at radius 2 is 2.00 bits per heavy atom. The number of nitrogens with one attached hydrogen (secondary N) is 2. The minimum absolute atomic E-state index is 0. The number of anilines is 1. The van der Waals surface area contributed by atoms with Crippen LogP contribution in [0.4, 0.5) is 23.2 Å². The molecule has 6 nitrogen and oxygen atoms in total. The van der Waals surface area contributed by atoms with Gasteiger partial charge in [-0.2, -0.15) is 18.4 Å². The molecule has 3 rings (SSSR count). The van der Waals surface area contributed by atoms with Gasteiger partial charge in [0.2, 0.25) is 5.91 Å². The number of nitriles is 1. The lowest BCUT2D eigenvalue weighted by Crippen LogP contribution is -2.24. The first-order valence-corrected chi connectivity index (χ1v) is 10.8. The summed E-state index contributed by atoms with van der Waals surface area (Å²) in [5.74, 6) is -0.709. The van der Waals surface area contributed by atoms with Crippen LogP contribution in [-0.2, 0) is 27.5 Å². The van der Waals surface area contributed by atoms with Crippen LogP contribution >= 0.6 is 12.4 Å². The van der Waals surface area contributed by atoms with Crippen LogP contribution in [0.25, 0.3) is 5.57 Å². The maximum Gasteiger partial charge on any atom is 0.418 e. The molecule has 2 N–H and O–H groups in total. The Kier molecular flexibility index (Phi) is 9.10. The second-order valence-corrected chi connectivity index (χ2v) is 8.42. The van der Waals surface area contributed by atoms with Gasteiger partial charge in [0.1, 0.15) is 11.6 Å². The minimum atomic E-state index is -4.78. The van der Waals surface area contributed by atoms with E-state index in [-0.39, 0.29) is 30.1 Å². The van der Waals surface area contributed by atoms with Crippen LogP contribution < -0.4 is 10.6 Å². The first-order chi connectivity index (χ1) is 16.4. The van der Waals surface area contributed by atoms with Crippen LogP contribution in [0.5, 0.6) is 0 Å². The quantitative estimate of drug-likeness (QED) is 0.466. The van der Waals surface area contributed by atoms with E-state index < -0.39 is 34.6 Å². The normalized spacial score (nSPS) is 13.4. The Balaban J connectivity index is 0.00000456. The molecule has 0 bridgehead atoms. The summed E-state index contributed by atoms with van der Waals surface area (Å²) in [7, 11) is 0. The smallest absolute Gasteiger partial charge is 0.418 e. The van der Waals surface area contributed by atoms with Crippen molar-refractivity contribution in [3.63, 3.8) is 0 Å². The molecule has 36 heavy (non-hydrogen) atoms. The summed E-state index contributed by atoms with van der Waals surface area (Å²) >= 11 is 0. The number of hydrogen-bond acceptors (Lipinski definition) is 5. The van der Waals surface area contributed by atoms with Gasteiger partial charge in [-0.05, 0) is 55.7 Å². The molecule has 0 unspecified atom stereocenters. The predicted molar refractivity (Wildman–Crippen MR) is 130 cm³/mol. The fourth-order valence-corrected chi connectivity index (χ4v) is 3.53. The topological polar surface area (TPSA) is 87.0 Å². The van der Waals surface area contributed by atoms with E-state index in [9.17, 15) is 27.6 Å². The van der Waals surface area contributed by atoms with Gasteiger partial charge in [-0.1, -0.05) is 12.1 Å². The zero-order valence-electron chi connectivity index (χ0n) is 19.8. The number of halogens is 5. The third kappa shape index (κ3) is 6.76. The first kappa shape index (κ1) is 28.7. The van der Waals surface area contributed by atoms with Gasteiger partial charge >= 0.3 is 6.18 Å². The molecule has 2 heterocycles. The van der Waals surface area contributed by atoms with Gasteiger partial charge < -0.3 is 15.4 Å². The molecule has 0 spiro atoms. The Labute approximate surface area is 212 Å². The minimum Gasteiger partial charge on any atom is -0.492 e. The molecule has 0 radical (unpaired) electrons. The number of aromatic nitrogens is 1. The van der Waals surface area contributed by atoms with Gasteiger partial charge in [-0.25, -0.2) is 4.39 Å². The molecule has 0 atom stereocenters. The second kappa shape index (κ2) is 11.4. The molecular weight excluding hydrogens is 500 g/mol. The zero-order chi connectivity index (χ0) is 25.8. The summed E-state index contributed by atoms with van der Waals surface area (Å²) in [6.45, 7) is 5.46. The summed E-state index contributed by atoms with van der Waals surface area (Å²) in [4.78, 5) is 16.2. The largest absolute Gasteiger partial charge is 0.492 e. The van der Waals surface area contributed by atoms with Crippen LogP contribution in [0, 0.1) is 17.1 Å². The monoisotopic (exact) mass is 524 g/mol. The molecule has 11 heteroatoms. The molecule has 0 saturated carbocycles. The first-order valence-electron chi connectivity index (χ1n) is 10.8. The Morgan fingerprint density at radius 1 is 1.28 bits per heavy atom. The summed E-state index contributed by atoms with van der Waals surface area (Å²) in [6.07, 6.45) is -0.606. The van der Waals surface area contributed by atoms with Crippen LogP contribution in [-0.4, -0.2) is 24.0 Å². The lowest BCUT2D eigenvalue weighted by Gasteiger charge is -2.21. The third-order valence-electron chi connectivity index (χ3n) is 5.29. The van der Waals surface area contributed by atoms with Crippen molar-refractivity contribution in [2.24, 2.45) is 0 Å². The van der Waals surface area contributed by atoms with Crippen molar-refractivity contribution >= 4 is 29.6 Å². The van der Waals surface area contributed by atoms with Crippen molar-refractivity contribution < 1.29 is 27.1 Å². The number of rotatable bonds is 7. The Morgan fingerprint density at radius 3 is 2.61 bits per heavy atom. The van der Waals surface area contributed by atoms with Crippen LogP contribution in [0.3, 0.4) is 0 Å². The highest BCUT2D eigenvalue weighted by Crippen LogP contribution is 2.37.